The van der Waals surface area contributed by atoms with Crippen LogP contribution in [0.3, 0.4) is 0 Å². The average Bonchev–Trinajstić information content (AvgIpc) is 3.03. The highest BCUT2D eigenvalue weighted by molar-refractivity contribution is 6.32. The largest absolute Gasteiger partial charge is 0.497 e. The van der Waals surface area contributed by atoms with Gasteiger partial charge in [-0.05, 0) is 47.5 Å². The molecule has 0 fully saturated rings. The van der Waals surface area contributed by atoms with Crippen molar-refractivity contribution in [2.24, 2.45) is 0 Å². The first-order valence-corrected chi connectivity index (χ1v) is 9.10. The lowest BCUT2D eigenvalue weighted by atomic mass is 10.1. The first kappa shape index (κ1) is 18.1. The Morgan fingerprint density at radius 3 is 2.50 bits per heavy atom. The molecule has 0 N–H and O–H groups in total. The van der Waals surface area contributed by atoms with E-state index in [0.717, 1.165) is 16.9 Å². The molecule has 0 aromatic heterocycles. The number of ketones is 1. The van der Waals surface area contributed by atoms with Gasteiger partial charge < -0.3 is 14.2 Å². The summed E-state index contributed by atoms with van der Waals surface area (Å²) in [5.41, 5.74) is 2.25. The summed E-state index contributed by atoms with van der Waals surface area (Å²) >= 11 is 6.17. The molecule has 3 aromatic rings. The van der Waals surface area contributed by atoms with Gasteiger partial charge in [0.25, 0.3) is 0 Å². The van der Waals surface area contributed by atoms with Crippen molar-refractivity contribution in [2.45, 2.75) is 6.61 Å². The summed E-state index contributed by atoms with van der Waals surface area (Å²) in [6, 6.07) is 20.2. The Morgan fingerprint density at radius 2 is 1.75 bits per heavy atom. The van der Waals surface area contributed by atoms with Crippen molar-refractivity contribution >= 4 is 23.5 Å². The van der Waals surface area contributed by atoms with E-state index in [1.165, 1.54) is 0 Å². The first-order chi connectivity index (χ1) is 13.6. The Labute approximate surface area is 167 Å². The zero-order valence-corrected chi connectivity index (χ0v) is 15.9. The molecule has 0 atom stereocenters. The van der Waals surface area contributed by atoms with Crippen molar-refractivity contribution in [3.63, 3.8) is 0 Å². The molecule has 1 aliphatic rings. The number of hydrogen-bond donors (Lipinski definition) is 0. The van der Waals surface area contributed by atoms with Crippen LogP contribution in [0.2, 0.25) is 5.02 Å². The summed E-state index contributed by atoms with van der Waals surface area (Å²) in [7, 11) is 1.63. The Bertz CT molecular complexity index is 1050. The van der Waals surface area contributed by atoms with E-state index in [4.69, 9.17) is 25.8 Å². The molecule has 0 aliphatic carbocycles. The van der Waals surface area contributed by atoms with E-state index < -0.39 is 0 Å². The molecule has 1 heterocycles. The molecule has 4 nitrogen and oxygen atoms in total. The summed E-state index contributed by atoms with van der Waals surface area (Å²) in [5, 5.41) is 0.561. The van der Waals surface area contributed by atoms with E-state index in [1.807, 2.05) is 42.5 Å². The second-order valence-corrected chi connectivity index (χ2v) is 6.66. The van der Waals surface area contributed by atoms with E-state index in [-0.39, 0.29) is 11.5 Å². The van der Waals surface area contributed by atoms with Gasteiger partial charge in [-0.3, -0.25) is 4.79 Å². The van der Waals surface area contributed by atoms with Crippen molar-refractivity contribution in [3.05, 3.63) is 94.2 Å². The van der Waals surface area contributed by atoms with Crippen molar-refractivity contribution < 1.29 is 19.0 Å². The van der Waals surface area contributed by atoms with Crippen molar-refractivity contribution in [1.82, 2.24) is 0 Å². The van der Waals surface area contributed by atoms with Crippen LogP contribution in [0.4, 0.5) is 0 Å². The molecular formula is C23H17ClO4. The Hall–Kier alpha value is -3.24. The number of fused-ring (bicyclic) bond motifs is 1. The van der Waals surface area contributed by atoms with Crippen LogP contribution in [0.1, 0.15) is 21.5 Å². The monoisotopic (exact) mass is 392 g/mol. The second kappa shape index (κ2) is 7.79. The lowest BCUT2D eigenvalue weighted by Crippen LogP contribution is -1.98. The number of benzene rings is 3. The molecule has 0 bridgehead atoms. The van der Waals surface area contributed by atoms with Gasteiger partial charge in [-0.25, -0.2) is 0 Å². The number of hydrogen-bond acceptors (Lipinski definition) is 4. The maximum absolute atomic E-state index is 12.6. The van der Waals surface area contributed by atoms with Gasteiger partial charge in [0.05, 0.1) is 12.7 Å². The van der Waals surface area contributed by atoms with E-state index in [1.54, 1.807) is 37.5 Å². The van der Waals surface area contributed by atoms with Gasteiger partial charge in [0.2, 0.25) is 5.78 Å². The Balaban J connectivity index is 1.49. The van der Waals surface area contributed by atoms with Gasteiger partial charge in [-0.2, -0.15) is 0 Å². The lowest BCUT2D eigenvalue weighted by Gasteiger charge is -2.08. The quantitative estimate of drug-likeness (QED) is 0.534. The fourth-order valence-electron chi connectivity index (χ4n) is 2.88. The van der Waals surface area contributed by atoms with Crippen LogP contribution in [0.5, 0.6) is 17.2 Å². The fraction of sp³-hybridized carbons (Fsp3) is 0.0870. The van der Waals surface area contributed by atoms with E-state index in [2.05, 4.69) is 0 Å². The molecule has 4 rings (SSSR count). The zero-order valence-electron chi connectivity index (χ0n) is 15.1. The van der Waals surface area contributed by atoms with Crippen LogP contribution in [0.15, 0.2) is 72.5 Å². The second-order valence-electron chi connectivity index (χ2n) is 6.26. The predicted octanol–water partition coefficient (Wildman–Crippen LogP) is 5.54. The molecule has 0 radical (unpaired) electrons. The van der Waals surface area contributed by atoms with E-state index >= 15 is 0 Å². The molecule has 1 aliphatic heterocycles. The SMILES string of the molecule is COc1ccc(COc2ccc3c(c2)OC(=Cc2ccccc2Cl)C3=O)cc1. The highest BCUT2D eigenvalue weighted by atomic mass is 35.5. The molecule has 28 heavy (non-hydrogen) atoms. The molecule has 3 aromatic carbocycles. The summed E-state index contributed by atoms with van der Waals surface area (Å²) in [5.74, 6) is 1.98. The van der Waals surface area contributed by atoms with Gasteiger partial charge in [0.1, 0.15) is 23.9 Å². The molecule has 0 saturated heterocycles. The van der Waals surface area contributed by atoms with Crippen molar-refractivity contribution in [1.29, 1.82) is 0 Å². The van der Waals surface area contributed by atoms with Crippen LogP contribution in [-0.2, 0) is 6.61 Å². The van der Waals surface area contributed by atoms with Crippen LogP contribution in [0, 0.1) is 0 Å². The Morgan fingerprint density at radius 1 is 1.00 bits per heavy atom. The molecule has 5 heteroatoms. The number of rotatable bonds is 5. The maximum Gasteiger partial charge on any atom is 0.231 e. The summed E-state index contributed by atoms with van der Waals surface area (Å²) in [6.07, 6.45) is 1.66. The molecular weight excluding hydrogens is 376 g/mol. The number of Topliss-reactive ketones (excluding diaryl/α,β-unsaturated/α-hetero) is 1. The van der Waals surface area contributed by atoms with Gasteiger partial charge in [0, 0.05) is 11.1 Å². The minimum Gasteiger partial charge on any atom is -0.497 e. The number of allylic oxidation sites excluding steroid dienone is 1. The normalized spacial score (nSPS) is 13.9. The molecule has 140 valence electrons. The molecule has 0 spiro atoms. The van der Waals surface area contributed by atoms with E-state index in [0.29, 0.717) is 28.7 Å². The Kier molecular flexibility index (Phi) is 5.04. The number of halogens is 1. The minimum atomic E-state index is -0.170. The highest BCUT2D eigenvalue weighted by Crippen LogP contribution is 2.35. The van der Waals surface area contributed by atoms with Crippen LogP contribution < -0.4 is 14.2 Å². The predicted molar refractivity (Wildman–Crippen MR) is 108 cm³/mol. The number of carbonyl (C=O) groups is 1. The number of carbonyl (C=O) groups excluding carboxylic acids is 1. The van der Waals surface area contributed by atoms with Gasteiger partial charge in [-0.1, -0.05) is 41.9 Å². The third-order valence-corrected chi connectivity index (χ3v) is 4.74. The highest BCUT2D eigenvalue weighted by Gasteiger charge is 2.27. The minimum absolute atomic E-state index is 0.170. The smallest absolute Gasteiger partial charge is 0.231 e. The van der Waals surface area contributed by atoms with Crippen LogP contribution in [0.25, 0.3) is 6.08 Å². The first-order valence-electron chi connectivity index (χ1n) is 8.72. The average molecular weight is 393 g/mol. The summed E-state index contributed by atoms with van der Waals surface area (Å²) in [6.45, 7) is 0.402. The van der Waals surface area contributed by atoms with Crippen molar-refractivity contribution in [2.75, 3.05) is 7.11 Å². The number of methoxy groups -OCH3 is 1. The summed E-state index contributed by atoms with van der Waals surface area (Å²) in [4.78, 5) is 12.6. The van der Waals surface area contributed by atoms with Gasteiger partial charge in [-0.15, -0.1) is 0 Å². The number of ether oxygens (including phenoxy) is 3. The third-order valence-electron chi connectivity index (χ3n) is 4.40. The van der Waals surface area contributed by atoms with Gasteiger partial charge in [0.15, 0.2) is 5.76 Å². The topological polar surface area (TPSA) is 44.8 Å². The van der Waals surface area contributed by atoms with Gasteiger partial charge >= 0.3 is 0 Å². The van der Waals surface area contributed by atoms with Crippen LogP contribution in [-0.4, -0.2) is 12.9 Å². The third kappa shape index (κ3) is 3.73. The van der Waals surface area contributed by atoms with Crippen LogP contribution >= 0.6 is 11.6 Å². The van der Waals surface area contributed by atoms with Crippen molar-refractivity contribution in [3.8, 4) is 17.2 Å². The summed E-state index contributed by atoms with van der Waals surface area (Å²) < 4.78 is 16.7. The molecule has 0 amide bonds. The molecule has 0 saturated carbocycles. The lowest BCUT2D eigenvalue weighted by molar-refractivity contribution is 0.101. The van der Waals surface area contributed by atoms with E-state index in [9.17, 15) is 4.79 Å². The maximum atomic E-state index is 12.6. The molecule has 0 unspecified atom stereocenters. The zero-order chi connectivity index (χ0) is 19.5. The fourth-order valence-corrected chi connectivity index (χ4v) is 3.07. The standard InChI is InChI=1S/C23H17ClO4/c1-26-17-8-6-15(7-9-17)14-27-18-10-11-19-21(13-18)28-22(23(19)25)12-16-4-2-3-5-20(16)24/h2-13H,14H2,1H3.